The molecule has 2 saturated heterocycles. The monoisotopic (exact) mass is 486 g/mol. The van der Waals surface area contributed by atoms with E-state index in [1.165, 1.54) is 11.3 Å². The van der Waals surface area contributed by atoms with Crippen molar-refractivity contribution in [2.75, 3.05) is 30.4 Å². The van der Waals surface area contributed by atoms with Crippen LogP contribution in [0.2, 0.25) is 0 Å². The molecule has 2 aliphatic rings. The van der Waals surface area contributed by atoms with E-state index in [1.807, 2.05) is 56.0 Å². The number of methoxy groups -OCH3 is 1. The smallest absolute Gasteiger partial charge is 0.410 e. The topological polar surface area (TPSA) is 84.0 Å². The van der Waals surface area contributed by atoms with Gasteiger partial charge in [0.05, 0.1) is 28.8 Å². The molecule has 10 heteroatoms. The fourth-order valence-corrected chi connectivity index (χ4v) is 6.46. The summed E-state index contributed by atoms with van der Waals surface area (Å²) in [7, 11) is 1.61. The number of thiazole rings is 1. The molecule has 4 heterocycles. The Morgan fingerprint density at radius 2 is 1.88 bits per heavy atom. The average molecular weight is 487 g/mol. The molecule has 2 unspecified atom stereocenters. The lowest BCUT2D eigenvalue weighted by Gasteiger charge is -2.35. The maximum absolute atomic E-state index is 12.7. The van der Waals surface area contributed by atoms with Crippen molar-refractivity contribution in [2.24, 2.45) is 0 Å². The zero-order valence-corrected chi connectivity index (χ0v) is 20.6. The van der Waals surface area contributed by atoms with Crippen LogP contribution >= 0.6 is 22.7 Å². The lowest BCUT2D eigenvalue weighted by molar-refractivity contribution is 0.0214. The maximum Gasteiger partial charge on any atom is 0.410 e. The molecule has 33 heavy (non-hydrogen) atoms. The van der Waals surface area contributed by atoms with E-state index < -0.39 is 5.60 Å². The number of nitrogens with one attached hydrogen (secondary N) is 1. The van der Waals surface area contributed by atoms with Crippen LogP contribution in [-0.4, -0.2) is 59.8 Å². The van der Waals surface area contributed by atoms with Crippen molar-refractivity contribution in [3.63, 3.8) is 0 Å². The summed E-state index contributed by atoms with van der Waals surface area (Å²) in [5.41, 5.74) is 0.226. The van der Waals surface area contributed by atoms with Crippen LogP contribution in [0.3, 0.4) is 0 Å². The summed E-state index contributed by atoms with van der Waals surface area (Å²) in [5, 5.41) is 3.87. The van der Waals surface area contributed by atoms with Crippen molar-refractivity contribution >= 4 is 55.0 Å². The second-order valence-electron chi connectivity index (χ2n) is 9.29. The number of thiophene rings is 1. The Bertz CT molecular complexity index is 1170. The molecular weight excluding hydrogens is 460 g/mol. The predicted octanol–water partition coefficient (Wildman–Crippen LogP) is 4.82. The van der Waals surface area contributed by atoms with Crippen molar-refractivity contribution in [1.82, 2.24) is 9.88 Å². The second kappa shape index (κ2) is 8.18. The van der Waals surface area contributed by atoms with Crippen LogP contribution in [0.15, 0.2) is 30.3 Å². The number of amides is 2. The van der Waals surface area contributed by atoms with E-state index in [0.29, 0.717) is 17.1 Å². The van der Waals surface area contributed by atoms with Gasteiger partial charge < -0.3 is 24.6 Å². The third-order valence-corrected chi connectivity index (χ3v) is 7.96. The van der Waals surface area contributed by atoms with Crippen molar-refractivity contribution in [2.45, 2.75) is 44.9 Å². The number of carbonyl (C=O) groups is 2. The molecule has 2 bridgehead atoms. The first-order valence-corrected chi connectivity index (χ1v) is 12.5. The fourth-order valence-electron chi connectivity index (χ4n) is 4.27. The van der Waals surface area contributed by atoms with Gasteiger partial charge in [-0.15, -0.1) is 11.3 Å². The van der Waals surface area contributed by atoms with Crippen LogP contribution in [0.25, 0.3) is 9.53 Å². The summed E-state index contributed by atoms with van der Waals surface area (Å²) in [4.78, 5) is 35.6. The first-order valence-electron chi connectivity index (χ1n) is 10.8. The summed E-state index contributed by atoms with van der Waals surface area (Å²) in [6, 6.07) is 9.55. The Morgan fingerprint density at radius 1 is 1.12 bits per heavy atom. The minimum Gasteiger partial charge on any atom is -0.497 e. The van der Waals surface area contributed by atoms with E-state index in [4.69, 9.17) is 14.5 Å². The number of aromatic nitrogens is 1. The van der Waals surface area contributed by atoms with E-state index in [0.717, 1.165) is 33.4 Å². The van der Waals surface area contributed by atoms with Gasteiger partial charge in [-0.3, -0.25) is 4.79 Å². The molecule has 5 rings (SSSR count). The van der Waals surface area contributed by atoms with Gasteiger partial charge in [-0.25, -0.2) is 9.78 Å². The van der Waals surface area contributed by atoms with Gasteiger partial charge in [0.15, 0.2) is 5.13 Å². The number of fused-ring (bicyclic) bond motifs is 3. The van der Waals surface area contributed by atoms with Gasteiger partial charge in [-0.2, -0.15) is 0 Å². The Kier molecular flexibility index (Phi) is 5.44. The summed E-state index contributed by atoms with van der Waals surface area (Å²) in [5.74, 6) is 0.594. The molecule has 8 nitrogen and oxygen atoms in total. The van der Waals surface area contributed by atoms with E-state index in [-0.39, 0.29) is 24.1 Å². The molecule has 0 aliphatic carbocycles. The van der Waals surface area contributed by atoms with Gasteiger partial charge in [0.25, 0.3) is 5.91 Å². The number of likely N-dealkylation sites (tertiary alicyclic amines) is 1. The Hall–Kier alpha value is -2.85. The second-order valence-corrected chi connectivity index (χ2v) is 11.3. The van der Waals surface area contributed by atoms with Gasteiger partial charge in [-0.05, 0) is 57.5 Å². The average Bonchev–Trinajstić information content (AvgIpc) is 3.51. The molecule has 3 aromatic rings. The summed E-state index contributed by atoms with van der Waals surface area (Å²) in [6.07, 6.45) is 0.699. The highest BCUT2D eigenvalue weighted by Gasteiger charge is 2.47. The van der Waals surface area contributed by atoms with Crippen molar-refractivity contribution in [3.8, 4) is 5.75 Å². The van der Waals surface area contributed by atoms with E-state index in [9.17, 15) is 9.59 Å². The van der Waals surface area contributed by atoms with Crippen LogP contribution < -0.4 is 15.0 Å². The number of hydrogen-bond donors (Lipinski definition) is 1. The van der Waals surface area contributed by atoms with Crippen LogP contribution in [0, 0.1) is 0 Å². The molecule has 2 aromatic heterocycles. The number of ether oxygens (including phenoxy) is 2. The zero-order chi connectivity index (χ0) is 23.3. The number of piperazine rings is 1. The SMILES string of the molecule is COc1ccc(NC(=O)c2cc3sc(N4CC5CC4CN5C(=O)OC(C)(C)C)nc3s2)cc1. The quantitative estimate of drug-likeness (QED) is 0.569. The molecule has 2 atom stereocenters. The van der Waals surface area contributed by atoms with Crippen LogP contribution in [0.4, 0.5) is 15.6 Å². The fraction of sp³-hybridized carbons (Fsp3) is 0.435. The number of hydrogen-bond acceptors (Lipinski definition) is 8. The standard InChI is InChI=1S/C23H26N4O4S2/c1-23(2,3)31-22(29)27-12-14-9-15(27)11-26(14)21-25-20-18(33-21)10-17(32-20)19(28)24-13-5-7-16(30-4)8-6-13/h5-8,10,14-15H,9,11-12H2,1-4H3,(H,24,28). The highest BCUT2D eigenvalue weighted by molar-refractivity contribution is 7.29. The molecule has 2 fully saturated rings. The number of benzene rings is 1. The maximum atomic E-state index is 12.7. The third kappa shape index (κ3) is 4.37. The highest BCUT2D eigenvalue weighted by Crippen LogP contribution is 2.41. The highest BCUT2D eigenvalue weighted by atomic mass is 32.1. The molecule has 174 valence electrons. The molecule has 0 saturated carbocycles. The van der Waals surface area contributed by atoms with Gasteiger partial charge in [0.1, 0.15) is 16.2 Å². The number of nitrogens with zero attached hydrogens (tertiary/aromatic N) is 3. The Labute approximate surface area is 200 Å². The normalized spacial score (nSPS) is 19.9. The lowest BCUT2D eigenvalue weighted by atomic mass is 10.2. The third-order valence-electron chi connectivity index (χ3n) is 5.76. The van der Waals surface area contributed by atoms with Gasteiger partial charge in [0, 0.05) is 18.8 Å². The molecule has 1 aromatic carbocycles. The number of rotatable bonds is 4. The zero-order valence-electron chi connectivity index (χ0n) is 19.0. The minimum atomic E-state index is -0.490. The van der Waals surface area contributed by atoms with Crippen molar-refractivity contribution < 1.29 is 19.1 Å². The predicted molar refractivity (Wildman–Crippen MR) is 131 cm³/mol. The summed E-state index contributed by atoms with van der Waals surface area (Å²) < 4.78 is 11.7. The summed E-state index contributed by atoms with van der Waals surface area (Å²) >= 11 is 2.99. The van der Waals surface area contributed by atoms with Gasteiger partial charge >= 0.3 is 6.09 Å². The van der Waals surface area contributed by atoms with Crippen LogP contribution in [0.5, 0.6) is 5.75 Å². The van der Waals surface area contributed by atoms with Crippen LogP contribution in [0.1, 0.15) is 36.9 Å². The van der Waals surface area contributed by atoms with Crippen LogP contribution in [-0.2, 0) is 4.74 Å². The Morgan fingerprint density at radius 3 is 2.48 bits per heavy atom. The minimum absolute atomic E-state index is 0.148. The first kappa shape index (κ1) is 22.0. The number of carbonyl (C=O) groups excluding carboxylic acids is 2. The van der Waals surface area contributed by atoms with E-state index in [2.05, 4.69) is 10.2 Å². The van der Waals surface area contributed by atoms with Crippen molar-refractivity contribution in [1.29, 1.82) is 0 Å². The lowest BCUT2D eigenvalue weighted by Crippen LogP contribution is -2.50. The van der Waals surface area contributed by atoms with Gasteiger partial charge in [-0.1, -0.05) is 11.3 Å². The molecule has 2 aliphatic heterocycles. The van der Waals surface area contributed by atoms with E-state index in [1.54, 1.807) is 18.4 Å². The molecule has 0 spiro atoms. The summed E-state index contributed by atoms with van der Waals surface area (Å²) in [6.45, 7) is 7.08. The number of anilines is 2. The molecule has 2 amide bonds. The first-order chi connectivity index (χ1) is 15.7. The molecule has 1 N–H and O–H groups in total. The molecular formula is C23H26N4O4S2. The van der Waals surface area contributed by atoms with Gasteiger partial charge in [0.2, 0.25) is 0 Å². The largest absolute Gasteiger partial charge is 0.497 e. The van der Waals surface area contributed by atoms with E-state index >= 15 is 0 Å². The Balaban J connectivity index is 1.24. The van der Waals surface area contributed by atoms with Crippen molar-refractivity contribution in [3.05, 3.63) is 35.2 Å². The molecule has 0 radical (unpaired) electrons.